The molecule has 4 nitrogen and oxygen atoms in total. The lowest BCUT2D eigenvalue weighted by Gasteiger charge is -2.16. The summed E-state index contributed by atoms with van der Waals surface area (Å²) in [5, 5.41) is 0.564. The van der Waals surface area contributed by atoms with E-state index in [-0.39, 0.29) is 30.5 Å². The van der Waals surface area contributed by atoms with E-state index in [1.165, 1.54) is 7.11 Å². The lowest BCUT2D eigenvalue weighted by molar-refractivity contribution is -0.141. The molecule has 0 saturated carbocycles. The first kappa shape index (κ1) is 19.0. The van der Waals surface area contributed by atoms with Crippen LogP contribution in [0.3, 0.4) is 0 Å². The van der Waals surface area contributed by atoms with Gasteiger partial charge in [-0.05, 0) is 48.6 Å². The number of hydrogen-bond acceptors (Lipinski definition) is 4. The van der Waals surface area contributed by atoms with Gasteiger partial charge in [0, 0.05) is 29.1 Å². The van der Waals surface area contributed by atoms with Crippen molar-refractivity contribution in [2.75, 3.05) is 12.8 Å². The molecule has 0 aliphatic rings. The Kier molecular flexibility index (Phi) is 6.59. The number of ether oxygens (including phenoxy) is 1. The van der Waals surface area contributed by atoms with Crippen LogP contribution < -0.4 is 5.73 Å². The van der Waals surface area contributed by atoms with E-state index in [2.05, 4.69) is 0 Å². The first-order valence-corrected chi connectivity index (χ1v) is 8.47. The van der Waals surface area contributed by atoms with Crippen molar-refractivity contribution in [2.45, 2.75) is 26.2 Å². The maximum Gasteiger partial charge on any atom is 0.305 e. The molecule has 0 heterocycles. The first-order chi connectivity index (χ1) is 11.9. The van der Waals surface area contributed by atoms with Crippen LogP contribution in [-0.4, -0.2) is 18.9 Å². The van der Waals surface area contributed by atoms with Gasteiger partial charge in [0.25, 0.3) is 0 Å². The molecule has 0 saturated heterocycles. The van der Waals surface area contributed by atoms with Gasteiger partial charge in [-0.25, -0.2) is 0 Å². The number of carbonyl (C=O) groups is 2. The Morgan fingerprint density at radius 2 is 1.80 bits per heavy atom. The smallest absolute Gasteiger partial charge is 0.305 e. The monoisotopic (exact) mass is 359 g/mol. The van der Waals surface area contributed by atoms with Crippen molar-refractivity contribution in [3.63, 3.8) is 0 Å². The Labute approximate surface area is 152 Å². The third-order valence-corrected chi connectivity index (χ3v) is 4.56. The summed E-state index contributed by atoms with van der Waals surface area (Å²) in [5.74, 6) is -0.509. The van der Waals surface area contributed by atoms with Crippen molar-refractivity contribution < 1.29 is 14.3 Å². The first-order valence-electron chi connectivity index (χ1n) is 8.09. The molecule has 2 rings (SSSR count). The highest BCUT2D eigenvalue weighted by Crippen LogP contribution is 2.23. The minimum absolute atomic E-state index is 0.0359. The van der Waals surface area contributed by atoms with Gasteiger partial charge in [-0.15, -0.1) is 0 Å². The van der Waals surface area contributed by atoms with Crippen molar-refractivity contribution in [3.05, 3.63) is 64.2 Å². The Morgan fingerprint density at radius 3 is 2.40 bits per heavy atom. The van der Waals surface area contributed by atoms with Crippen molar-refractivity contribution in [3.8, 4) is 0 Å². The van der Waals surface area contributed by atoms with Gasteiger partial charge in [0.05, 0.1) is 7.11 Å². The van der Waals surface area contributed by atoms with Crippen LogP contribution in [-0.2, 0) is 16.0 Å². The summed E-state index contributed by atoms with van der Waals surface area (Å²) in [7, 11) is 1.35. The minimum atomic E-state index is -0.324. The lowest BCUT2D eigenvalue weighted by atomic mass is 9.89. The van der Waals surface area contributed by atoms with Gasteiger partial charge in [0.15, 0.2) is 5.78 Å². The third-order valence-electron chi connectivity index (χ3n) is 4.15. The number of hydrogen-bond donors (Lipinski definition) is 1. The number of benzene rings is 2. The van der Waals surface area contributed by atoms with Crippen molar-refractivity contribution in [1.82, 2.24) is 0 Å². The minimum Gasteiger partial charge on any atom is -0.469 e. The molecule has 0 amide bonds. The number of aryl methyl sites for hydroxylation is 1. The van der Waals surface area contributed by atoms with Crippen LogP contribution in [0.25, 0.3) is 0 Å². The molecule has 25 heavy (non-hydrogen) atoms. The molecule has 2 aromatic carbocycles. The number of nitrogen functional groups attached to an aromatic ring is 1. The number of carbonyl (C=O) groups excluding carboxylic acids is 2. The second-order valence-electron chi connectivity index (χ2n) is 6.18. The van der Waals surface area contributed by atoms with E-state index in [9.17, 15) is 9.59 Å². The zero-order valence-corrected chi connectivity index (χ0v) is 15.2. The topological polar surface area (TPSA) is 69.4 Å². The zero-order valence-electron chi connectivity index (χ0n) is 14.4. The van der Waals surface area contributed by atoms with E-state index >= 15 is 0 Å². The third kappa shape index (κ3) is 5.61. The Bertz CT molecular complexity index is 756. The average molecular weight is 360 g/mol. The molecule has 2 N–H and O–H groups in total. The number of Topliss-reactive ketones (excluding diaryl/α,β-unsaturated/α-hetero) is 1. The van der Waals surface area contributed by atoms with Gasteiger partial charge in [-0.3, -0.25) is 9.59 Å². The molecule has 0 unspecified atom stereocenters. The maximum absolute atomic E-state index is 12.6. The summed E-state index contributed by atoms with van der Waals surface area (Å²) in [4.78, 5) is 24.3. The lowest BCUT2D eigenvalue weighted by Crippen LogP contribution is -2.17. The fraction of sp³-hybridized carbons (Fsp3) is 0.300. The van der Waals surface area contributed by atoms with Crippen molar-refractivity contribution in [2.24, 2.45) is 5.92 Å². The van der Waals surface area contributed by atoms with Gasteiger partial charge in [-0.1, -0.05) is 35.9 Å². The molecule has 0 aromatic heterocycles. The van der Waals surface area contributed by atoms with E-state index in [1.54, 1.807) is 12.1 Å². The molecular formula is C20H22ClNO3. The van der Waals surface area contributed by atoms with Gasteiger partial charge in [-0.2, -0.15) is 0 Å². The largest absolute Gasteiger partial charge is 0.469 e. The number of ketones is 1. The summed E-state index contributed by atoms with van der Waals surface area (Å²) >= 11 is 6.11. The summed E-state index contributed by atoms with van der Waals surface area (Å²) < 4.78 is 4.77. The van der Waals surface area contributed by atoms with Crippen LogP contribution in [0.2, 0.25) is 5.02 Å². The molecule has 1 atom stereocenters. The fourth-order valence-corrected chi connectivity index (χ4v) is 2.85. The summed E-state index contributed by atoms with van der Waals surface area (Å²) in [6.07, 6.45) is 1.03. The number of nitrogens with two attached hydrogens (primary N) is 1. The molecular weight excluding hydrogens is 338 g/mol. The van der Waals surface area contributed by atoms with E-state index in [0.717, 1.165) is 11.1 Å². The van der Waals surface area contributed by atoms with E-state index in [0.29, 0.717) is 22.7 Å². The molecule has 132 valence electrons. The van der Waals surface area contributed by atoms with Crippen LogP contribution in [0.4, 0.5) is 5.69 Å². The predicted octanol–water partition coefficient (Wildman–Crippen LogP) is 4.23. The molecule has 0 spiro atoms. The second-order valence-corrected chi connectivity index (χ2v) is 6.59. The summed E-state index contributed by atoms with van der Waals surface area (Å²) in [6.45, 7) is 1.89. The van der Waals surface area contributed by atoms with Crippen LogP contribution in [0.5, 0.6) is 0 Å². The van der Waals surface area contributed by atoms with Crippen LogP contribution in [0.15, 0.2) is 42.5 Å². The number of halogens is 1. The van der Waals surface area contributed by atoms with Crippen LogP contribution in [0.1, 0.15) is 34.3 Å². The predicted molar refractivity (Wildman–Crippen MR) is 99.8 cm³/mol. The summed E-state index contributed by atoms with van der Waals surface area (Å²) in [5.41, 5.74) is 8.89. The van der Waals surface area contributed by atoms with E-state index in [1.807, 2.05) is 37.3 Å². The second kappa shape index (κ2) is 8.67. The Balaban J connectivity index is 2.13. The van der Waals surface area contributed by atoms with E-state index < -0.39 is 0 Å². The number of rotatable bonds is 7. The average Bonchev–Trinajstić information content (AvgIpc) is 2.59. The standard InChI is InChI=1S/C20H22ClNO3/c1-13-3-6-16(12-18(13)21)19(23)10-15(11-20(24)25-2)9-14-4-7-17(22)8-5-14/h3-8,12,15H,9-11,22H2,1-2H3/t15-/m1/s1. The molecule has 5 heteroatoms. The molecule has 0 radical (unpaired) electrons. The van der Waals surface area contributed by atoms with E-state index in [4.69, 9.17) is 22.1 Å². The Morgan fingerprint density at radius 1 is 1.12 bits per heavy atom. The quantitative estimate of drug-likeness (QED) is 0.456. The highest BCUT2D eigenvalue weighted by Gasteiger charge is 2.20. The van der Waals surface area contributed by atoms with Gasteiger partial charge in [0.2, 0.25) is 0 Å². The summed E-state index contributed by atoms with van der Waals surface area (Å²) in [6, 6.07) is 12.7. The van der Waals surface area contributed by atoms with Crippen LogP contribution in [0, 0.1) is 12.8 Å². The number of esters is 1. The van der Waals surface area contributed by atoms with Crippen molar-refractivity contribution >= 4 is 29.0 Å². The molecule has 0 aliphatic carbocycles. The zero-order chi connectivity index (χ0) is 18.4. The van der Waals surface area contributed by atoms with Gasteiger partial charge >= 0.3 is 5.97 Å². The normalized spacial score (nSPS) is 11.8. The number of anilines is 1. The Hall–Kier alpha value is -2.33. The molecule has 2 aromatic rings. The van der Waals surface area contributed by atoms with Crippen LogP contribution >= 0.6 is 11.6 Å². The fourth-order valence-electron chi connectivity index (χ4n) is 2.67. The maximum atomic E-state index is 12.6. The SMILES string of the molecule is COC(=O)C[C@@H](CC(=O)c1ccc(C)c(Cl)c1)Cc1ccc(N)cc1. The molecule has 0 bridgehead atoms. The molecule has 0 fully saturated rings. The van der Waals surface area contributed by atoms with Gasteiger partial charge < -0.3 is 10.5 Å². The molecule has 0 aliphatic heterocycles. The highest BCUT2D eigenvalue weighted by atomic mass is 35.5. The number of methoxy groups -OCH3 is 1. The van der Waals surface area contributed by atoms with Crippen molar-refractivity contribution in [1.29, 1.82) is 0 Å². The highest BCUT2D eigenvalue weighted by molar-refractivity contribution is 6.31. The van der Waals surface area contributed by atoms with Gasteiger partial charge in [0.1, 0.15) is 0 Å².